The molecule has 1 saturated carbocycles. The quantitative estimate of drug-likeness (QED) is 0.905. The van der Waals surface area contributed by atoms with Crippen LogP contribution in [0.2, 0.25) is 0 Å². The summed E-state index contributed by atoms with van der Waals surface area (Å²) in [6.45, 7) is 2.85. The molecule has 3 rings (SSSR count). The summed E-state index contributed by atoms with van der Waals surface area (Å²) in [6, 6.07) is 5.63. The first-order valence-corrected chi connectivity index (χ1v) is 8.12. The second-order valence-corrected chi connectivity index (χ2v) is 6.42. The largest absolute Gasteiger partial charge is 0.416 e. The lowest BCUT2D eigenvalue weighted by Gasteiger charge is -2.42. The van der Waals surface area contributed by atoms with Crippen LogP contribution < -0.4 is 0 Å². The van der Waals surface area contributed by atoms with E-state index in [1.807, 2.05) is 0 Å². The minimum absolute atomic E-state index is 0.00666. The lowest BCUT2D eigenvalue weighted by molar-refractivity contribution is -0.137. The molecule has 1 heterocycles. The minimum Gasteiger partial charge on any atom is -0.391 e. The predicted molar refractivity (Wildman–Crippen MR) is 80.2 cm³/mol. The maximum Gasteiger partial charge on any atom is 0.416 e. The number of morpholine rings is 1. The van der Waals surface area contributed by atoms with Gasteiger partial charge in [0.1, 0.15) is 0 Å². The van der Waals surface area contributed by atoms with Crippen molar-refractivity contribution in [2.24, 2.45) is 0 Å². The number of nitrogens with zero attached hydrogens (tertiary/aromatic N) is 1. The van der Waals surface area contributed by atoms with Crippen LogP contribution in [0.3, 0.4) is 0 Å². The van der Waals surface area contributed by atoms with Gasteiger partial charge in [0.25, 0.3) is 0 Å². The van der Waals surface area contributed by atoms with Crippen LogP contribution in [0.4, 0.5) is 13.2 Å². The maximum absolute atomic E-state index is 12.9. The van der Waals surface area contributed by atoms with E-state index in [9.17, 15) is 18.3 Å². The Bertz CT molecular complexity index is 529. The third kappa shape index (κ3) is 3.87. The van der Waals surface area contributed by atoms with Gasteiger partial charge >= 0.3 is 6.18 Å². The Labute approximate surface area is 134 Å². The van der Waals surface area contributed by atoms with Crippen LogP contribution in [0.5, 0.6) is 0 Å². The summed E-state index contributed by atoms with van der Waals surface area (Å²) in [7, 11) is 0. The van der Waals surface area contributed by atoms with E-state index in [-0.39, 0.29) is 12.0 Å². The van der Waals surface area contributed by atoms with Crippen molar-refractivity contribution in [2.75, 3.05) is 26.3 Å². The third-order valence-corrected chi connectivity index (χ3v) is 4.98. The summed E-state index contributed by atoms with van der Waals surface area (Å²) >= 11 is 0. The number of ether oxygens (including phenoxy) is 1. The molecule has 6 heteroatoms. The molecule has 0 bridgehead atoms. The van der Waals surface area contributed by atoms with Gasteiger partial charge in [-0.05, 0) is 36.8 Å². The van der Waals surface area contributed by atoms with Crippen LogP contribution in [0.15, 0.2) is 24.3 Å². The SMILES string of the molecule is O[C@H]1CC[C@H](c2cccc(C(F)(F)F)c2)C[C@@H]1N1CCOCC1. The second kappa shape index (κ2) is 6.79. The molecule has 1 aliphatic heterocycles. The van der Waals surface area contributed by atoms with Crippen molar-refractivity contribution in [3.63, 3.8) is 0 Å². The average Bonchev–Trinajstić information content (AvgIpc) is 2.55. The van der Waals surface area contributed by atoms with Gasteiger partial charge in [0.05, 0.1) is 24.9 Å². The molecule has 0 amide bonds. The molecule has 0 unspecified atom stereocenters. The van der Waals surface area contributed by atoms with Gasteiger partial charge in [0.15, 0.2) is 0 Å². The summed E-state index contributed by atoms with van der Waals surface area (Å²) in [5.41, 5.74) is 0.133. The zero-order chi connectivity index (χ0) is 16.4. The molecular weight excluding hydrogens is 307 g/mol. The highest BCUT2D eigenvalue weighted by Crippen LogP contribution is 2.38. The maximum atomic E-state index is 12.9. The van der Waals surface area contributed by atoms with Crippen LogP contribution in [0.1, 0.15) is 36.3 Å². The molecule has 1 aromatic carbocycles. The fourth-order valence-corrected chi connectivity index (χ4v) is 3.70. The van der Waals surface area contributed by atoms with Crippen LogP contribution in [0, 0.1) is 0 Å². The molecule has 0 spiro atoms. The van der Waals surface area contributed by atoms with Gasteiger partial charge in [-0.15, -0.1) is 0 Å². The highest BCUT2D eigenvalue weighted by atomic mass is 19.4. The summed E-state index contributed by atoms with van der Waals surface area (Å²) in [4.78, 5) is 2.22. The van der Waals surface area contributed by atoms with E-state index in [4.69, 9.17) is 4.74 Å². The second-order valence-electron chi connectivity index (χ2n) is 6.42. The van der Waals surface area contributed by atoms with Gasteiger partial charge in [-0.3, -0.25) is 4.90 Å². The normalized spacial score (nSPS) is 30.3. The predicted octanol–water partition coefficient (Wildman–Crippen LogP) is 3.03. The average molecular weight is 329 g/mol. The molecule has 128 valence electrons. The molecule has 3 nitrogen and oxygen atoms in total. The van der Waals surface area contributed by atoms with Crippen molar-refractivity contribution in [2.45, 2.75) is 43.5 Å². The van der Waals surface area contributed by atoms with Crippen molar-refractivity contribution in [3.8, 4) is 0 Å². The van der Waals surface area contributed by atoms with Gasteiger partial charge < -0.3 is 9.84 Å². The first-order chi connectivity index (χ1) is 10.9. The highest BCUT2D eigenvalue weighted by Gasteiger charge is 2.36. The van der Waals surface area contributed by atoms with Gasteiger partial charge in [-0.1, -0.05) is 18.2 Å². The Balaban J connectivity index is 1.75. The molecule has 1 saturated heterocycles. The summed E-state index contributed by atoms with van der Waals surface area (Å²) in [5, 5.41) is 10.3. The fourth-order valence-electron chi connectivity index (χ4n) is 3.70. The number of hydrogen-bond acceptors (Lipinski definition) is 3. The van der Waals surface area contributed by atoms with Crippen molar-refractivity contribution in [1.29, 1.82) is 0 Å². The summed E-state index contributed by atoms with van der Waals surface area (Å²) in [5.74, 6) is 0.0635. The molecule has 1 aliphatic carbocycles. The zero-order valence-electron chi connectivity index (χ0n) is 12.9. The summed E-state index contributed by atoms with van der Waals surface area (Å²) in [6.07, 6.45) is -2.67. The van der Waals surface area contributed by atoms with Crippen molar-refractivity contribution >= 4 is 0 Å². The molecule has 0 aromatic heterocycles. The number of aliphatic hydroxyl groups excluding tert-OH is 1. The molecular formula is C17H22F3NO2. The Morgan fingerprint density at radius 3 is 2.57 bits per heavy atom. The van der Waals surface area contributed by atoms with Crippen LogP contribution in [0.25, 0.3) is 0 Å². The zero-order valence-corrected chi connectivity index (χ0v) is 12.9. The van der Waals surface area contributed by atoms with E-state index in [1.165, 1.54) is 12.1 Å². The van der Waals surface area contributed by atoms with Crippen molar-refractivity contribution < 1.29 is 23.0 Å². The lowest BCUT2D eigenvalue weighted by atomic mass is 9.79. The van der Waals surface area contributed by atoms with E-state index < -0.39 is 17.8 Å². The van der Waals surface area contributed by atoms with E-state index >= 15 is 0 Å². The van der Waals surface area contributed by atoms with Crippen LogP contribution in [-0.2, 0) is 10.9 Å². The van der Waals surface area contributed by atoms with Crippen LogP contribution in [-0.4, -0.2) is 48.5 Å². The Morgan fingerprint density at radius 1 is 1.13 bits per heavy atom. The van der Waals surface area contributed by atoms with Crippen LogP contribution >= 0.6 is 0 Å². The molecule has 1 aromatic rings. The summed E-state index contributed by atoms with van der Waals surface area (Å²) < 4.78 is 44.0. The molecule has 3 atom stereocenters. The number of halogens is 3. The molecule has 1 N–H and O–H groups in total. The van der Waals surface area contributed by atoms with Crippen molar-refractivity contribution in [3.05, 3.63) is 35.4 Å². The van der Waals surface area contributed by atoms with Crippen molar-refractivity contribution in [1.82, 2.24) is 4.90 Å². The molecule has 2 aliphatic rings. The Kier molecular flexibility index (Phi) is 4.94. The van der Waals surface area contributed by atoms with E-state index in [0.29, 0.717) is 26.1 Å². The number of hydrogen-bond donors (Lipinski definition) is 1. The standard InChI is InChI=1S/C17H22F3NO2/c18-17(19,20)14-3-1-2-12(10-14)13-4-5-16(22)15(11-13)21-6-8-23-9-7-21/h1-3,10,13,15-16,22H,4-9,11H2/t13-,15-,16-/m0/s1. The highest BCUT2D eigenvalue weighted by molar-refractivity contribution is 5.29. The first-order valence-electron chi connectivity index (χ1n) is 8.12. The number of rotatable bonds is 2. The number of benzene rings is 1. The Hall–Kier alpha value is -1.11. The lowest BCUT2D eigenvalue weighted by Crippen LogP contribution is -2.51. The van der Waals surface area contributed by atoms with Gasteiger partial charge in [-0.25, -0.2) is 0 Å². The first kappa shape index (κ1) is 16.7. The van der Waals surface area contributed by atoms with E-state index in [0.717, 1.165) is 31.1 Å². The third-order valence-electron chi connectivity index (χ3n) is 4.98. The molecule has 2 fully saturated rings. The molecule has 23 heavy (non-hydrogen) atoms. The minimum atomic E-state index is -4.31. The van der Waals surface area contributed by atoms with Gasteiger partial charge in [0, 0.05) is 19.1 Å². The van der Waals surface area contributed by atoms with E-state index in [2.05, 4.69) is 4.90 Å². The number of alkyl halides is 3. The monoisotopic (exact) mass is 329 g/mol. The fraction of sp³-hybridized carbons (Fsp3) is 0.647. The van der Waals surface area contributed by atoms with E-state index in [1.54, 1.807) is 6.07 Å². The topological polar surface area (TPSA) is 32.7 Å². The van der Waals surface area contributed by atoms with Gasteiger partial charge in [-0.2, -0.15) is 13.2 Å². The smallest absolute Gasteiger partial charge is 0.391 e. The Morgan fingerprint density at radius 2 is 1.87 bits per heavy atom. The number of aliphatic hydroxyl groups is 1. The van der Waals surface area contributed by atoms with Gasteiger partial charge in [0.2, 0.25) is 0 Å². The molecule has 0 radical (unpaired) electrons.